The molecular weight excluding hydrogens is 267 g/mol. The monoisotopic (exact) mass is 279 g/mol. The Morgan fingerprint density at radius 3 is 2.65 bits per heavy atom. The van der Waals surface area contributed by atoms with Crippen molar-refractivity contribution in [3.63, 3.8) is 0 Å². The van der Waals surface area contributed by atoms with Crippen LogP contribution in [0.4, 0.5) is 13.2 Å². The van der Waals surface area contributed by atoms with Gasteiger partial charge in [0, 0.05) is 24.4 Å². The molecule has 0 amide bonds. The normalized spacial score (nSPS) is 11.4. The molecule has 2 rings (SSSR count). The Balaban J connectivity index is 2.31. The van der Waals surface area contributed by atoms with E-state index >= 15 is 0 Å². The van der Waals surface area contributed by atoms with Gasteiger partial charge in [-0.3, -0.25) is 9.78 Å². The average Bonchev–Trinajstić information content (AvgIpc) is 2.37. The highest BCUT2D eigenvalue weighted by Gasteiger charge is 2.34. The number of benzene rings is 1. The third-order valence-electron chi connectivity index (χ3n) is 2.87. The van der Waals surface area contributed by atoms with Gasteiger partial charge in [0.15, 0.2) is 5.78 Å². The minimum atomic E-state index is -4.56. The first-order chi connectivity index (χ1) is 9.38. The summed E-state index contributed by atoms with van der Waals surface area (Å²) >= 11 is 0. The molecule has 1 heterocycles. The lowest BCUT2D eigenvalue weighted by molar-refractivity contribution is -0.138. The molecule has 1 aromatic heterocycles. The number of halogens is 3. The molecule has 0 unspecified atom stereocenters. The summed E-state index contributed by atoms with van der Waals surface area (Å²) in [5.74, 6) is -0.587. The molecule has 5 heteroatoms. The van der Waals surface area contributed by atoms with Crippen LogP contribution in [0.25, 0.3) is 0 Å². The third kappa shape index (κ3) is 3.23. The van der Waals surface area contributed by atoms with Crippen molar-refractivity contribution in [2.45, 2.75) is 19.5 Å². The van der Waals surface area contributed by atoms with E-state index in [2.05, 4.69) is 4.98 Å². The molecule has 0 spiro atoms. The standard InChI is InChI=1S/C15H12F3NO/c1-10-3-2-4-11(7-10)8-14(20)12-9-19-6-5-13(12)15(16,17)18/h2-7,9H,8H2,1H3. The van der Waals surface area contributed by atoms with Crippen molar-refractivity contribution in [3.8, 4) is 0 Å². The highest BCUT2D eigenvalue weighted by molar-refractivity contribution is 5.98. The van der Waals surface area contributed by atoms with Gasteiger partial charge < -0.3 is 0 Å². The fourth-order valence-corrected chi connectivity index (χ4v) is 1.97. The van der Waals surface area contributed by atoms with E-state index in [-0.39, 0.29) is 12.0 Å². The van der Waals surface area contributed by atoms with E-state index in [1.54, 1.807) is 18.2 Å². The molecule has 0 bridgehead atoms. The van der Waals surface area contributed by atoms with Crippen molar-refractivity contribution in [2.75, 3.05) is 0 Å². The molecule has 104 valence electrons. The van der Waals surface area contributed by atoms with Crippen molar-refractivity contribution in [2.24, 2.45) is 0 Å². The van der Waals surface area contributed by atoms with Gasteiger partial charge >= 0.3 is 6.18 Å². The molecule has 0 saturated heterocycles. The SMILES string of the molecule is Cc1cccc(CC(=O)c2cnccc2C(F)(F)F)c1. The van der Waals surface area contributed by atoms with Gasteiger partial charge in [0.1, 0.15) is 0 Å². The number of aromatic nitrogens is 1. The first-order valence-electron chi connectivity index (χ1n) is 5.98. The Morgan fingerprint density at radius 2 is 2.00 bits per heavy atom. The maximum Gasteiger partial charge on any atom is 0.417 e. The van der Waals surface area contributed by atoms with Crippen LogP contribution in [0.5, 0.6) is 0 Å². The van der Waals surface area contributed by atoms with Gasteiger partial charge in [0.05, 0.1) is 5.56 Å². The lowest BCUT2D eigenvalue weighted by Crippen LogP contribution is -2.15. The highest BCUT2D eigenvalue weighted by Crippen LogP contribution is 2.31. The summed E-state index contributed by atoms with van der Waals surface area (Å²) in [6.45, 7) is 1.86. The van der Waals surface area contributed by atoms with Gasteiger partial charge in [-0.15, -0.1) is 0 Å². The number of ketones is 1. The Hall–Kier alpha value is -2.17. The molecular formula is C15H12F3NO. The van der Waals surface area contributed by atoms with E-state index in [1.807, 2.05) is 13.0 Å². The molecule has 0 fully saturated rings. The predicted octanol–water partition coefficient (Wildman–Crippen LogP) is 3.83. The van der Waals surface area contributed by atoms with E-state index in [0.717, 1.165) is 24.0 Å². The maximum absolute atomic E-state index is 12.8. The number of pyridine rings is 1. The largest absolute Gasteiger partial charge is 0.417 e. The van der Waals surface area contributed by atoms with Crippen molar-refractivity contribution in [3.05, 3.63) is 65.0 Å². The maximum atomic E-state index is 12.8. The molecule has 0 aliphatic heterocycles. The summed E-state index contributed by atoms with van der Waals surface area (Å²) < 4.78 is 38.5. The second-order valence-electron chi connectivity index (χ2n) is 4.51. The van der Waals surface area contributed by atoms with Crippen LogP contribution < -0.4 is 0 Å². The number of hydrogen-bond acceptors (Lipinski definition) is 2. The van der Waals surface area contributed by atoms with Crippen LogP contribution >= 0.6 is 0 Å². The van der Waals surface area contributed by atoms with Crippen molar-refractivity contribution < 1.29 is 18.0 Å². The number of carbonyl (C=O) groups excluding carboxylic acids is 1. The zero-order valence-corrected chi connectivity index (χ0v) is 10.7. The van der Waals surface area contributed by atoms with Crippen molar-refractivity contribution in [1.82, 2.24) is 4.98 Å². The quantitative estimate of drug-likeness (QED) is 0.799. The number of alkyl halides is 3. The molecule has 2 aromatic rings. The van der Waals surface area contributed by atoms with E-state index in [9.17, 15) is 18.0 Å². The number of carbonyl (C=O) groups is 1. The lowest BCUT2D eigenvalue weighted by atomic mass is 9.99. The second-order valence-corrected chi connectivity index (χ2v) is 4.51. The van der Waals surface area contributed by atoms with Crippen LogP contribution in [0.1, 0.15) is 27.0 Å². The van der Waals surface area contributed by atoms with Gasteiger partial charge in [0.2, 0.25) is 0 Å². The number of nitrogens with zero attached hydrogens (tertiary/aromatic N) is 1. The van der Waals surface area contributed by atoms with Crippen LogP contribution in [0.15, 0.2) is 42.7 Å². The summed E-state index contributed by atoms with van der Waals surface area (Å²) in [5, 5.41) is 0. The highest BCUT2D eigenvalue weighted by atomic mass is 19.4. The third-order valence-corrected chi connectivity index (χ3v) is 2.87. The topological polar surface area (TPSA) is 30.0 Å². The Kier molecular flexibility index (Phi) is 3.88. The Morgan fingerprint density at radius 1 is 1.25 bits per heavy atom. The fourth-order valence-electron chi connectivity index (χ4n) is 1.97. The minimum absolute atomic E-state index is 0.0730. The van der Waals surface area contributed by atoms with Crippen LogP contribution in [-0.4, -0.2) is 10.8 Å². The lowest BCUT2D eigenvalue weighted by Gasteiger charge is -2.11. The van der Waals surface area contributed by atoms with Gasteiger partial charge in [-0.1, -0.05) is 29.8 Å². The minimum Gasteiger partial charge on any atom is -0.294 e. The molecule has 2 nitrogen and oxygen atoms in total. The summed E-state index contributed by atoms with van der Waals surface area (Å²) in [6, 6.07) is 7.95. The van der Waals surface area contributed by atoms with Gasteiger partial charge in [-0.05, 0) is 18.6 Å². The smallest absolute Gasteiger partial charge is 0.294 e. The number of rotatable bonds is 3. The van der Waals surface area contributed by atoms with Crippen molar-refractivity contribution >= 4 is 5.78 Å². The number of aryl methyl sites for hydroxylation is 1. The second kappa shape index (κ2) is 5.45. The zero-order valence-electron chi connectivity index (χ0n) is 10.7. The van der Waals surface area contributed by atoms with Gasteiger partial charge in [0.25, 0.3) is 0 Å². The molecule has 0 radical (unpaired) electrons. The first-order valence-corrected chi connectivity index (χ1v) is 5.98. The molecule has 20 heavy (non-hydrogen) atoms. The summed E-state index contributed by atoms with van der Waals surface area (Å²) in [4.78, 5) is 15.7. The zero-order chi connectivity index (χ0) is 14.8. The van der Waals surface area contributed by atoms with Gasteiger partial charge in [-0.2, -0.15) is 13.2 Å². The van der Waals surface area contributed by atoms with Crippen LogP contribution in [0, 0.1) is 6.92 Å². The molecule has 0 saturated carbocycles. The number of Topliss-reactive ketones (excluding diaryl/α,β-unsaturated/α-hetero) is 1. The summed E-state index contributed by atoms with van der Waals surface area (Å²) in [5.41, 5.74) is 0.316. The van der Waals surface area contributed by atoms with E-state index in [0.29, 0.717) is 5.56 Å². The number of hydrogen-bond donors (Lipinski definition) is 0. The molecule has 0 aliphatic rings. The fraction of sp³-hybridized carbons (Fsp3) is 0.200. The average molecular weight is 279 g/mol. The van der Waals surface area contributed by atoms with E-state index in [1.165, 1.54) is 0 Å². The van der Waals surface area contributed by atoms with Crippen LogP contribution in [0.2, 0.25) is 0 Å². The molecule has 0 atom stereocenters. The molecule has 1 aromatic carbocycles. The molecule has 0 N–H and O–H groups in total. The van der Waals surface area contributed by atoms with E-state index < -0.39 is 17.5 Å². The van der Waals surface area contributed by atoms with Crippen LogP contribution in [-0.2, 0) is 12.6 Å². The predicted molar refractivity (Wildman–Crippen MR) is 68.5 cm³/mol. The van der Waals surface area contributed by atoms with Crippen LogP contribution in [0.3, 0.4) is 0 Å². The Labute approximate surface area is 114 Å². The summed E-state index contributed by atoms with van der Waals surface area (Å²) in [7, 11) is 0. The van der Waals surface area contributed by atoms with Crippen molar-refractivity contribution in [1.29, 1.82) is 0 Å². The first kappa shape index (κ1) is 14.2. The summed E-state index contributed by atoms with van der Waals surface area (Å²) in [6.07, 6.45) is -2.62. The Bertz CT molecular complexity index is 635. The van der Waals surface area contributed by atoms with E-state index in [4.69, 9.17) is 0 Å². The van der Waals surface area contributed by atoms with Gasteiger partial charge in [-0.25, -0.2) is 0 Å². The molecule has 0 aliphatic carbocycles.